The maximum Gasteiger partial charge on any atom is 0.189 e. The molecule has 2 atom stereocenters. The fourth-order valence-electron chi connectivity index (χ4n) is 2.59. The van der Waals surface area contributed by atoms with E-state index in [9.17, 15) is 0 Å². The molecule has 1 aliphatic heterocycles. The molecule has 4 nitrogen and oxygen atoms in total. The van der Waals surface area contributed by atoms with Crippen molar-refractivity contribution in [3.05, 3.63) is 0 Å². The lowest BCUT2D eigenvalue weighted by atomic mass is 10.1. The molecule has 3 N–H and O–H groups in total. The van der Waals surface area contributed by atoms with Gasteiger partial charge in [0.15, 0.2) is 5.96 Å². The Morgan fingerprint density at radius 2 is 2.06 bits per heavy atom. The van der Waals surface area contributed by atoms with E-state index in [0.29, 0.717) is 18.1 Å². The molecule has 1 saturated carbocycles. The van der Waals surface area contributed by atoms with Gasteiger partial charge < -0.3 is 15.8 Å². The van der Waals surface area contributed by atoms with Crippen LogP contribution in [0.5, 0.6) is 0 Å². The van der Waals surface area contributed by atoms with Gasteiger partial charge in [0.25, 0.3) is 0 Å². The SMILES string of the molecule is CC(NC(N)=NC1CCCC1)C1CCCO1. The molecule has 0 aromatic carbocycles. The highest BCUT2D eigenvalue weighted by atomic mass is 16.5. The van der Waals surface area contributed by atoms with Gasteiger partial charge >= 0.3 is 0 Å². The van der Waals surface area contributed by atoms with Crippen LogP contribution >= 0.6 is 0 Å². The van der Waals surface area contributed by atoms with Gasteiger partial charge in [0.05, 0.1) is 18.2 Å². The zero-order valence-electron chi connectivity index (χ0n) is 10.1. The van der Waals surface area contributed by atoms with E-state index in [4.69, 9.17) is 10.5 Å². The van der Waals surface area contributed by atoms with E-state index in [1.54, 1.807) is 0 Å². The van der Waals surface area contributed by atoms with Crippen molar-refractivity contribution in [2.75, 3.05) is 6.61 Å². The third-order valence-corrected chi connectivity index (χ3v) is 3.54. The molecule has 16 heavy (non-hydrogen) atoms. The summed E-state index contributed by atoms with van der Waals surface area (Å²) in [6.07, 6.45) is 7.57. The van der Waals surface area contributed by atoms with Crippen molar-refractivity contribution < 1.29 is 4.74 Å². The Morgan fingerprint density at radius 1 is 1.31 bits per heavy atom. The van der Waals surface area contributed by atoms with E-state index in [1.165, 1.54) is 25.7 Å². The molecular weight excluding hydrogens is 202 g/mol. The van der Waals surface area contributed by atoms with Crippen LogP contribution in [0.25, 0.3) is 0 Å². The summed E-state index contributed by atoms with van der Waals surface area (Å²) in [5.74, 6) is 0.592. The first-order valence-corrected chi connectivity index (χ1v) is 6.47. The van der Waals surface area contributed by atoms with E-state index in [1.807, 2.05) is 0 Å². The van der Waals surface area contributed by atoms with Crippen molar-refractivity contribution in [2.24, 2.45) is 10.7 Å². The number of nitrogens with two attached hydrogens (primary N) is 1. The standard InChI is InChI=1S/C12H23N3O/c1-9(11-7-4-8-16-11)14-12(13)15-10-5-2-3-6-10/h9-11H,2-8H2,1H3,(H3,13,14,15). The lowest BCUT2D eigenvalue weighted by molar-refractivity contribution is 0.0892. The minimum absolute atomic E-state index is 0.271. The fraction of sp³-hybridized carbons (Fsp3) is 0.917. The van der Waals surface area contributed by atoms with Gasteiger partial charge in [-0.1, -0.05) is 12.8 Å². The average Bonchev–Trinajstić information content (AvgIpc) is 2.88. The largest absolute Gasteiger partial charge is 0.376 e. The van der Waals surface area contributed by atoms with Gasteiger partial charge in [-0.25, -0.2) is 0 Å². The quantitative estimate of drug-likeness (QED) is 0.564. The van der Waals surface area contributed by atoms with Gasteiger partial charge in [0.2, 0.25) is 0 Å². The Labute approximate surface area is 97.6 Å². The minimum atomic E-state index is 0.271. The molecule has 0 aromatic heterocycles. The monoisotopic (exact) mass is 225 g/mol. The van der Waals surface area contributed by atoms with Crippen molar-refractivity contribution in [3.8, 4) is 0 Å². The Bertz CT molecular complexity index is 243. The van der Waals surface area contributed by atoms with E-state index in [2.05, 4.69) is 17.2 Å². The van der Waals surface area contributed by atoms with Gasteiger partial charge in [-0.05, 0) is 32.6 Å². The molecule has 0 radical (unpaired) electrons. The molecule has 1 aliphatic carbocycles. The summed E-state index contributed by atoms with van der Waals surface area (Å²) < 4.78 is 5.61. The summed E-state index contributed by atoms with van der Waals surface area (Å²) in [6.45, 7) is 3.00. The van der Waals surface area contributed by atoms with Gasteiger partial charge in [0.1, 0.15) is 0 Å². The van der Waals surface area contributed by atoms with Crippen molar-refractivity contribution in [1.29, 1.82) is 0 Å². The predicted octanol–water partition coefficient (Wildman–Crippen LogP) is 1.40. The van der Waals surface area contributed by atoms with Gasteiger partial charge in [-0.3, -0.25) is 4.99 Å². The molecule has 2 unspecified atom stereocenters. The first-order chi connectivity index (χ1) is 7.75. The molecule has 2 aliphatic rings. The highest BCUT2D eigenvalue weighted by Crippen LogP contribution is 2.20. The molecule has 2 fully saturated rings. The van der Waals surface area contributed by atoms with E-state index in [-0.39, 0.29) is 6.04 Å². The summed E-state index contributed by atoms with van der Waals surface area (Å²) in [6, 6.07) is 0.719. The maximum atomic E-state index is 5.91. The molecule has 1 saturated heterocycles. The Kier molecular flexibility index (Phi) is 4.04. The number of hydrogen-bond donors (Lipinski definition) is 2. The number of aliphatic imine (C=N–C) groups is 1. The number of nitrogens with zero attached hydrogens (tertiary/aromatic N) is 1. The normalized spacial score (nSPS) is 29.6. The zero-order chi connectivity index (χ0) is 11.4. The number of ether oxygens (including phenoxy) is 1. The summed E-state index contributed by atoms with van der Waals surface area (Å²) in [5, 5.41) is 3.25. The molecule has 1 heterocycles. The molecule has 0 bridgehead atoms. The van der Waals surface area contributed by atoms with Crippen molar-refractivity contribution in [1.82, 2.24) is 5.32 Å². The van der Waals surface area contributed by atoms with E-state index < -0.39 is 0 Å². The molecular formula is C12H23N3O. The van der Waals surface area contributed by atoms with Crippen LogP contribution in [-0.4, -0.2) is 30.8 Å². The Hall–Kier alpha value is -0.770. The van der Waals surface area contributed by atoms with Crippen LogP contribution in [0.1, 0.15) is 45.4 Å². The van der Waals surface area contributed by atoms with Gasteiger partial charge in [0, 0.05) is 6.61 Å². The first kappa shape index (κ1) is 11.7. The van der Waals surface area contributed by atoms with Crippen molar-refractivity contribution in [3.63, 3.8) is 0 Å². The number of guanidine groups is 1. The molecule has 0 amide bonds. The van der Waals surface area contributed by atoms with Crippen molar-refractivity contribution >= 4 is 5.96 Å². The van der Waals surface area contributed by atoms with Crippen LogP contribution in [-0.2, 0) is 4.74 Å². The highest BCUT2D eigenvalue weighted by Gasteiger charge is 2.23. The maximum absolute atomic E-state index is 5.91. The summed E-state index contributed by atoms with van der Waals surface area (Å²) in [5.41, 5.74) is 5.91. The lowest BCUT2D eigenvalue weighted by Gasteiger charge is -2.20. The summed E-state index contributed by atoms with van der Waals surface area (Å²) in [4.78, 5) is 4.52. The van der Waals surface area contributed by atoms with Crippen LogP contribution in [0.4, 0.5) is 0 Å². The second-order valence-electron chi connectivity index (χ2n) is 4.94. The highest BCUT2D eigenvalue weighted by molar-refractivity contribution is 5.78. The molecule has 2 rings (SSSR count). The zero-order valence-corrected chi connectivity index (χ0v) is 10.1. The molecule has 0 spiro atoms. The van der Waals surface area contributed by atoms with Crippen LogP contribution < -0.4 is 11.1 Å². The van der Waals surface area contributed by atoms with Crippen molar-refractivity contribution in [2.45, 2.75) is 63.6 Å². The summed E-state index contributed by atoms with van der Waals surface area (Å²) in [7, 11) is 0. The van der Waals surface area contributed by atoms with E-state index in [0.717, 1.165) is 19.4 Å². The second kappa shape index (κ2) is 5.53. The van der Waals surface area contributed by atoms with Crippen LogP contribution in [0.3, 0.4) is 0 Å². The van der Waals surface area contributed by atoms with Crippen LogP contribution in [0.2, 0.25) is 0 Å². The smallest absolute Gasteiger partial charge is 0.189 e. The lowest BCUT2D eigenvalue weighted by Crippen LogP contribution is -2.45. The molecule has 92 valence electrons. The number of nitrogens with one attached hydrogen (secondary N) is 1. The first-order valence-electron chi connectivity index (χ1n) is 6.47. The topological polar surface area (TPSA) is 59.6 Å². The Morgan fingerprint density at radius 3 is 2.69 bits per heavy atom. The Balaban J connectivity index is 1.78. The molecule has 0 aromatic rings. The third-order valence-electron chi connectivity index (χ3n) is 3.54. The number of rotatable bonds is 3. The second-order valence-corrected chi connectivity index (χ2v) is 4.94. The van der Waals surface area contributed by atoms with Crippen LogP contribution in [0.15, 0.2) is 4.99 Å². The third kappa shape index (κ3) is 3.11. The number of hydrogen-bond acceptors (Lipinski definition) is 2. The van der Waals surface area contributed by atoms with Gasteiger partial charge in [-0.2, -0.15) is 0 Å². The summed E-state index contributed by atoms with van der Waals surface area (Å²) >= 11 is 0. The van der Waals surface area contributed by atoms with E-state index >= 15 is 0 Å². The molecule has 4 heteroatoms. The minimum Gasteiger partial charge on any atom is -0.376 e. The average molecular weight is 225 g/mol. The van der Waals surface area contributed by atoms with Gasteiger partial charge in [-0.15, -0.1) is 0 Å². The predicted molar refractivity (Wildman–Crippen MR) is 65.5 cm³/mol. The van der Waals surface area contributed by atoms with Crippen LogP contribution in [0, 0.1) is 0 Å². The fourth-order valence-corrected chi connectivity index (χ4v) is 2.59.